The molecule has 0 bridgehead atoms. The van der Waals surface area contributed by atoms with Crippen LogP contribution in [0.15, 0.2) is 36.7 Å². The molecule has 2 N–H and O–H groups in total. The average Bonchev–Trinajstić information content (AvgIpc) is 3.04. The number of nitrogens with zero attached hydrogens (tertiary/aromatic N) is 4. The second kappa shape index (κ2) is 8.11. The molecule has 7 heteroatoms. The number of benzene rings is 1. The van der Waals surface area contributed by atoms with Crippen molar-refractivity contribution < 1.29 is 4.79 Å². The molecule has 3 rings (SSSR count). The molecule has 1 saturated heterocycles. The Balaban J connectivity index is 1.41. The second-order valence-electron chi connectivity index (χ2n) is 6.68. The highest BCUT2D eigenvalue weighted by Crippen LogP contribution is 2.14. The van der Waals surface area contributed by atoms with Crippen LogP contribution in [0, 0.1) is 0 Å². The number of likely N-dealkylation sites (tertiary alicyclic amines) is 1. The first-order valence-corrected chi connectivity index (χ1v) is 8.79. The first-order valence-electron chi connectivity index (χ1n) is 8.79. The smallest absolute Gasteiger partial charge is 0.315 e. The summed E-state index contributed by atoms with van der Waals surface area (Å²) in [5, 5.41) is 13.9. The van der Waals surface area contributed by atoms with Crippen LogP contribution in [-0.4, -0.2) is 44.8 Å². The molecule has 134 valence electrons. The lowest BCUT2D eigenvalue weighted by Crippen LogP contribution is -2.48. The molecule has 0 saturated carbocycles. The maximum absolute atomic E-state index is 12.2. The van der Waals surface area contributed by atoms with Gasteiger partial charge in [0, 0.05) is 32.7 Å². The van der Waals surface area contributed by atoms with Crippen molar-refractivity contribution in [2.24, 2.45) is 7.05 Å². The zero-order valence-corrected chi connectivity index (χ0v) is 14.9. The third-order valence-electron chi connectivity index (χ3n) is 4.65. The molecule has 2 heterocycles. The Bertz CT molecular complexity index is 678. The molecule has 7 nitrogen and oxygen atoms in total. The zero-order chi connectivity index (χ0) is 17.6. The van der Waals surface area contributed by atoms with Gasteiger partial charge in [-0.25, -0.2) is 4.79 Å². The SMILES string of the molecule is CC(NC(=O)NC1CCN(Cc2ccccc2)CC1)c1nncn1C. The molecule has 2 aromatic rings. The van der Waals surface area contributed by atoms with E-state index in [9.17, 15) is 4.79 Å². The number of rotatable bonds is 5. The third-order valence-corrected chi connectivity index (χ3v) is 4.65. The molecule has 1 aromatic heterocycles. The van der Waals surface area contributed by atoms with Crippen LogP contribution < -0.4 is 10.6 Å². The molecule has 1 aliphatic rings. The molecule has 25 heavy (non-hydrogen) atoms. The van der Waals surface area contributed by atoms with Crippen molar-refractivity contribution in [3.05, 3.63) is 48.0 Å². The summed E-state index contributed by atoms with van der Waals surface area (Å²) in [6, 6.07) is 10.4. The van der Waals surface area contributed by atoms with Crippen molar-refractivity contribution in [2.45, 2.75) is 38.4 Å². The van der Waals surface area contributed by atoms with Crippen LogP contribution in [0.5, 0.6) is 0 Å². The number of urea groups is 1. The van der Waals surface area contributed by atoms with Crippen molar-refractivity contribution in [1.82, 2.24) is 30.3 Å². The summed E-state index contributed by atoms with van der Waals surface area (Å²) in [5.74, 6) is 0.743. The quantitative estimate of drug-likeness (QED) is 0.869. The fourth-order valence-electron chi connectivity index (χ4n) is 3.25. The number of amides is 2. The monoisotopic (exact) mass is 342 g/mol. The van der Waals surface area contributed by atoms with Gasteiger partial charge in [-0.15, -0.1) is 10.2 Å². The highest BCUT2D eigenvalue weighted by atomic mass is 16.2. The van der Waals surface area contributed by atoms with Gasteiger partial charge in [0.25, 0.3) is 0 Å². The standard InChI is InChI=1S/C18H26N6O/c1-14(17-22-19-13-23(17)2)20-18(25)21-16-8-10-24(11-9-16)12-15-6-4-3-5-7-15/h3-7,13-14,16H,8-12H2,1-2H3,(H2,20,21,25). The number of aromatic nitrogens is 3. The number of aryl methyl sites for hydroxylation is 1. The number of piperidine rings is 1. The number of hydrogen-bond acceptors (Lipinski definition) is 4. The molecule has 1 aliphatic heterocycles. The lowest BCUT2D eigenvalue weighted by molar-refractivity contribution is 0.185. The van der Waals surface area contributed by atoms with E-state index in [4.69, 9.17) is 0 Å². The Kier molecular flexibility index (Phi) is 5.65. The fraction of sp³-hybridized carbons (Fsp3) is 0.500. The average molecular weight is 342 g/mol. The Morgan fingerprint density at radius 2 is 2.00 bits per heavy atom. The Hall–Kier alpha value is -2.41. The molecule has 1 fully saturated rings. The topological polar surface area (TPSA) is 75.1 Å². The summed E-state index contributed by atoms with van der Waals surface area (Å²) < 4.78 is 1.81. The summed E-state index contributed by atoms with van der Waals surface area (Å²) in [6.45, 7) is 4.88. The summed E-state index contributed by atoms with van der Waals surface area (Å²) in [7, 11) is 1.87. The Morgan fingerprint density at radius 3 is 2.64 bits per heavy atom. The van der Waals surface area contributed by atoms with Crippen LogP contribution >= 0.6 is 0 Å². The van der Waals surface area contributed by atoms with E-state index in [0.717, 1.165) is 38.3 Å². The van der Waals surface area contributed by atoms with Gasteiger partial charge in [0.2, 0.25) is 0 Å². The first-order chi connectivity index (χ1) is 12.1. The highest BCUT2D eigenvalue weighted by molar-refractivity contribution is 5.74. The van der Waals surface area contributed by atoms with Crippen molar-refractivity contribution in [3.63, 3.8) is 0 Å². The van der Waals surface area contributed by atoms with Gasteiger partial charge in [0.1, 0.15) is 6.33 Å². The maximum atomic E-state index is 12.2. The van der Waals surface area contributed by atoms with Crippen molar-refractivity contribution >= 4 is 6.03 Å². The van der Waals surface area contributed by atoms with Crippen molar-refractivity contribution in [3.8, 4) is 0 Å². The van der Waals surface area contributed by atoms with Crippen LogP contribution in [0.4, 0.5) is 4.79 Å². The zero-order valence-electron chi connectivity index (χ0n) is 14.9. The molecule has 1 atom stereocenters. The number of carbonyl (C=O) groups excluding carboxylic acids is 1. The summed E-state index contributed by atoms with van der Waals surface area (Å²) in [6.07, 6.45) is 3.57. The molecule has 2 amide bonds. The van der Waals surface area contributed by atoms with Crippen molar-refractivity contribution in [1.29, 1.82) is 0 Å². The predicted molar refractivity (Wildman–Crippen MR) is 95.8 cm³/mol. The van der Waals surface area contributed by atoms with Gasteiger partial charge in [-0.05, 0) is 25.3 Å². The molecule has 0 aliphatic carbocycles. The lowest BCUT2D eigenvalue weighted by atomic mass is 10.0. The van der Waals surface area contributed by atoms with E-state index in [1.54, 1.807) is 6.33 Å². The molecule has 1 aromatic carbocycles. The van der Waals surface area contributed by atoms with Crippen molar-refractivity contribution in [2.75, 3.05) is 13.1 Å². The number of carbonyl (C=O) groups is 1. The Morgan fingerprint density at radius 1 is 1.28 bits per heavy atom. The third kappa shape index (κ3) is 4.79. The van der Waals surface area contributed by atoms with E-state index in [0.29, 0.717) is 0 Å². The van der Waals surface area contributed by atoms with Gasteiger partial charge >= 0.3 is 6.03 Å². The maximum Gasteiger partial charge on any atom is 0.315 e. The minimum atomic E-state index is -0.175. The second-order valence-corrected chi connectivity index (χ2v) is 6.68. The van der Waals surface area contributed by atoms with Crippen LogP contribution in [0.2, 0.25) is 0 Å². The molecule has 1 unspecified atom stereocenters. The number of nitrogens with one attached hydrogen (secondary N) is 2. The lowest BCUT2D eigenvalue weighted by Gasteiger charge is -2.32. The fourth-order valence-corrected chi connectivity index (χ4v) is 3.25. The largest absolute Gasteiger partial charge is 0.335 e. The van der Waals surface area contributed by atoms with Gasteiger partial charge < -0.3 is 15.2 Å². The first kappa shape index (κ1) is 17.4. The van der Waals surface area contributed by atoms with Crippen LogP contribution in [0.3, 0.4) is 0 Å². The number of hydrogen-bond donors (Lipinski definition) is 2. The van der Waals surface area contributed by atoms with E-state index >= 15 is 0 Å². The van der Waals surface area contributed by atoms with Crippen LogP contribution in [-0.2, 0) is 13.6 Å². The highest BCUT2D eigenvalue weighted by Gasteiger charge is 2.22. The molecule has 0 radical (unpaired) electrons. The van der Waals surface area contributed by atoms with Crippen LogP contribution in [0.1, 0.15) is 37.2 Å². The minimum Gasteiger partial charge on any atom is -0.335 e. The molecular weight excluding hydrogens is 316 g/mol. The predicted octanol–water partition coefficient (Wildman–Crippen LogP) is 1.84. The van der Waals surface area contributed by atoms with Crippen LogP contribution in [0.25, 0.3) is 0 Å². The van der Waals surface area contributed by atoms with E-state index in [1.807, 2.05) is 24.6 Å². The Labute approximate surface area is 148 Å². The van der Waals surface area contributed by atoms with E-state index in [1.165, 1.54) is 5.56 Å². The van der Waals surface area contributed by atoms with Gasteiger partial charge in [-0.3, -0.25) is 4.90 Å². The normalized spacial score (nSPS) is 17.2. The summed E-state index contributed by atoms with van der Waals surface area (Å²) >= 11 is 0. The molecular formula is C18H26N6O. The van der Waals surface area contributed by atoms with Gasteiger partial charge in [0.05, 0.1) is 6.04 Å². The van der Waals surface area contributed by atoms with E-state index < -0.39 is 0 Å². The van der Waals surface area contributed by atoms with E-state index in [2.05, 4.69) is 50.0 Å². The minimum absolute atomic E-state index is 0.142. The van der Waals surface area contributed by atoms with Gasteiger partial charge in [-0.2, -0.15) is 0 Å². The summed E-state index contributed by atoms with van der Waals surface area (Å²) in [4.78, 5) is 14.6. The molecule has 0 spiro atoms. The van der Waals surface area contributed by atoms with Gasteiger partial charge in [0.15, 0.2) is 5.82 Å². The van der Waals surface area contributed by atoms with Gasteiger partial charge in [-0.1, -0.05) is 30.3 Å². The van der Waals surface area contributed by atoms with E-state index in [-0.39, 0.29) is 18.1 Å². The summed E-state index contributed by atoms with van der Waals surface area (Å²) in [5.41, 5.74) is 1.34.